The lowest BCUT2D eigenvalue weighted by atomic mass is 10.0. The van der Waals surface area contributed by atoms with Crippen LogP contribution in [0.3, 0.4) is 0 Å². The number of rotatable bonds is 4. The van der Waals surface area contributed by atoms with Crippen molar-refractivity contribution in [1.82, 2.24) is 4.90 Å². The second-order valence-corrected chi connectivity index (χ2v) is 5.73. The van der Waals surface area contributed by atoms with E-state index in [2.05, 4.69) is 55.7 Å². The molecule has 22 heavy (non-hydrogen) atoms. The molecule has 0 spiro atoms. The molecule has 1 heterocycles. The number of hydrogen-bond acceptors (Lipinski definition) is 3. The van der Waals surface area contributed by atoms with Crippen LogP contribution in [-0.4, -0.2) is 44.4 Å². The minimum Gasteiger partial charge on any atom is -1.00 e. The lowest BCUT2D eigenvalue weighted by Gasteiger charge is -2.24. The fraction of sp³-hybridized carbons (Fsp3) is 0.556. The van der Waals surface area contributed by atoms with Gasteiger partial charge in [0, 0.05) is 13.1 Å². The zero-order valence-electron chi connectivity index (χ0n) is 13.7. The van der Waals surface area contributed by atoms with E-state index in [4.69, 9.17) is 9.47 Å². The van der Waals surface area contributed by atoms with Crippen LogP contribution in [0.5, 0.6) is 5.75 Å². The number of benzene rings is 1. The molecule has 0 radical (unpaired) electrons. The number of morpholine rings is 1. The van der Waals surface area contributed by atoms with Crippen LogP contribution in [0.25, 0.3) is 0 Å². The molecule has 1 aromatic carbocycles. The van der Waals surface area contributed by atoms with E-state index in [0.29, 0.717) is 12.5 Å². The number of halogens is 1. The van der Waals surface area contributed by atoms with Crippen molar-refractivity contribution in [2.24, 2.45) is 0 Å². The van der Waals surface area contributed by atoms with E-state index in [-0.39, 0.29) is 12.4 Å². The predicted octanol–water partition coefficient (Wildman–Crippen LogP) is -0.163. The van der Waals surface area contributed by atoms with E-state index in [9.17, 15) is 0 Å². The van der Waals surface area contributed by atoms with E-state index in [0.717, 1.165) is 38.6 Å². The van der Waals surface area contributed by atoms with Crippen molar-refractivity contribution in [1.29, 1.82) is 0 Å². The molecule has 0 aliphatic carbocycles. The molecule has 122 valence electrons. The summed E-state index contributed by atoms with van der Waals surface area (Å²) < 4.78 is 11.2. The highest BCUT2D eigenvalue weighted by atomic mass is 35.5. The van der Waals surface area contributed by atoms with Crippen LogP contribution >= 0.6 is 0 Å². The zero-order valence-corrected chi connectivity index (χ0v) is 14.4. The van der Waals surface area contributed by atoms with E-state index >= 15 is 0 Å². The molecule has 0 aromatic heterocycles. The van der Waals surface area contributed by atoms with Gasteiger partial charge < -0.3 is 21.9 Å². The van der Waals surface area contributed by atoms with Gasteiger partial charge >= 0.3 is 0 Å². The summed E-state index contributed by atoms with van der Waals surface area (Å²) in [5.41, 5.74) is 2.46. The molecule has 0 saturated carbocycles. The lowest BCUT2D eigenvalue weighted by molar-refractivity contribution is -0.00000643. The Balaban J connectivity index is 0.00000242. The molecule has 1 aliphatic heterocycles. The van der Waals surface area contributed by atoms with E-state index < -0.39 is 0 Å². The molecule has 3 nitrogen and oxygen atoms in total. The Morgan fingerprint density at radius 1 is 1.23 bits per heavy atom. The van der Waals surface area contributed by atoms with Crippen molar-refractivity contribution >= 4 is 0 Å². The third-order valence-corrected chi connectivity index (χ3v) is 3.62. The number of hydrogen-bond donors (Lipinski definition) is 0. The van der Waals surface area contributed by atoms with E-state index in [1.807, 2.05) is 0 Å². The molecular formula is C18H25ClNO2-. The minimum absolute atomic E-state index is 0. The van der Waals surface area contributed by atoms with Gasteiger partial charge in [-0.25, -0.2) is 0 Å². The smallest absolute Gasteiger partial charge is 0.149 e. The van der Waals surface area contributed by atoms with Crippen molar-refractivity contribution in [2.75, 3.05) is 39.5 Å². The average Bonchev–Trinajstić information content (AvgIpc) is 2.48. The van der Waals surface area contributed by atoms with Gasteiger partial charge in [0.1, 0.15) is 12.4 Å². The topological polar surface area (TPSA) is 21.7 Å². The summed E-state index contributed by atoms with van der Waals surface area (Å²) in [6, 6.07) is 6.38. The number of aryl methyl sites for hydroxylation is 1. The molecule has 2 rings (SSSR count). The van der Waals surface area contributed by atoms with E-state index in [1.165, 1.54) is 11.1 Å². The largest absolute Gasteiger partial charge is 1.00 e. The number of ether oxygens (including phenoxy) is 2. The molecule has 0 amide bonds. The van der Waals surface area contributed by atoms with Gasteiger partial charge in [0.05, 0.1) is 19.8 Å². The third-order valence-electron chi connectivity index (χ3n) is 3.62. The maximum atomic E-state index is 5.85. The van der Waals surface area contributed by atoms with Gasteiger partial charge in [0.15, 0.2) is 0 Å². The van der Waals surface area contributed by atoms with Gasteiger partial charge in [-0.1, -0.05) is 37.8 Å². The Hall–Kier alpha value is -1.21. The van der Waals surface area contributed by atoms with Crippen LogP contribution < -0.4 is 17.1 Å². The molecule has 1 saturated heterocycles. The SMILES string of the molecule is Cc1ccc(C(C)C)c(OCC#CCN2CCOCC2)c1.[Cl-]. The molecule has 4 heteroatoms. The Labute approximate surface area is 140 Å². The first kappa shape index (κ1) is 18.8. The molecule has 1 aromatic rings. The first-order valence-corrected chi connectivity index (χ1v) is 7.66. The quantitative estimate of drug-likeness (QED) is 0.719. The lowest BCUT2D eigenvalue weighted by Crippen LogP contribution is -3.00. The summed E-state index contributed by atoms with van der Waals surface area (Å²) in [7, 11) is 0. The summed E-state index contributed by atoms with van der Waals surface area (Å²) in [5.74, 6) is 7.72. The molecule has 0 atom stereocenters. The van der Waals surface area contributed by atoms with Crippen LogP contribution in [-0.2, 0) is 4.74 Å². The maximum absolute atomic E-state index is 5.85. The summed E-state index contributed by atoms with van der Waals surface area (Å²) >= 11 is 0. The monoisotopic (exact) mass is 322 g/mol. The first-order valence-electron chi connectivity index (χ1n) is 7.66. The van der Waals surface area contributed by atoms with Crippen LogP contribution in [0.1, 0.15) is 30.9 Å². The van der Waals surface area contributed by atoms with Crippen molar-refractivity contribution in [3.05, 3.63) is 29.3 Å². The van der Waals surface area contributed by atoms with Gasteiger partial charge in [-0.05, 0) is 30.0 Å². The Kier molecular flexibility index (Phi) is 8.34. The minimum atomic E-state index is 0. The highest BCUT2D eigenvalue weighted by Gasteiger charge is 2.08. The molecule has 1 aliphatic rings. The van der Waals surface area contributed by atoms with Gasteiger partial charge in [-0.3, -0.25) is 4.90 Å². The first-order chi connectivity index (χ1) is 10.2. The third kappa shape index (κ3) is 5.88. The molecule has 0 bridgehead atoms. The van der Waals surface area contributed by atoms with Crippen LogP contribution in [0.15, 0.2) is 18.2 Å². The van der Waals surface area contributed by atoms with Gasteiger partial charge in [-0.15, -0.1) is 0 Å². The van der Waals surface area contributed by atoms with Gasteiger partial charge in [0.25, 0.3) is 0 Å². The average molecular weight is 323 g/mol. The molecule has 1 fully saturated rings. The van der Waals surface area contributed by atoms with Gasteiger partial charge in [-0.2, -0.15) is 0 Å². The molecule has 0 unspecified atom stereocenters. The summed E-state index contributed by atoms with van der Waals surface area (Å²) in [6.07, 6.45) is 0. The normalized spacial score (nSPS) is 14.9. The van der Waals surface area contributed by atoms with Crippen LogP contribution in [0, 0.1) is 18.8 Å². The van der Waals surface area contributed by atoms with Crippen molar-refractivity contribution < 1.29 is 21.9 Å². The standard InChI is InChI=1S/C18H25NO2.ClH/c1-15(2)17-7-6-16(3)14-18(17)21-11-5-4-8-19-9-12-20-13-10-19;/h6-7,14-15H,8-13H2,1-3H3;1H/p-1. The summed E-state index contributed by atoms with van der Waals surface area (Å²) in [6.45, 7) is 11.3. The second kappa shape index (κ2) is 9.74. The van der Waals surface area contributed by atoms with Crippen LogP contribution in [0.2, 0.25) is 0 Å². The Morgan fingerprint density at radius 3 is 2.64 bits per heavy atom. The Bertz CT molecular complexity index is 514. The van der Waals surface area contributed by atoms with Crippen LogP contribution in [0.4, 0.5) is 0 Å². The Morgan fingerprint density at radius 2 is 1.95 bits per heavy atom. The highest BCUT2D eigenvalue weighted by molar-refractivity contribution is 5.39. The van der Waals surface area contributed by atoms with E-state index in [1.54, 1.807) is 0 Å². The highest BCUT2D eigenvalue weighted by Crippen LogP contribution is 2.27. The number of nitrogens with zero attached hydrogens (tertiary/aromatic N) is 1. The summed E-state index contributed by atoms with van der Waals surface area (Å²) in [4.78, 5) is 2.31. The molecule has 0 N–H and O–H groups in total. The fourth-order valence-electron chi connectivity index (χ4n) is 2.34. The predicted molar refractivity (Wildman–Crippen MR) is 85.8 cm³/mol. The fourth-order valence-corrected chi connectivity index (χ4v) is 2.34. The van der Waals surface area contributed by atoms with Crippen molar-refractivity contribution in [3.8, 4) is 17.6 Å². The molecular weight excluding hydrogens is 298 g/mol. The van der Waals surface area contributed by atoms with Crippen molar-refractivity contribution in [2.45, 2.75) is 26.7 Å². The maximum Gasteiger partial charge on any atom is 0.149 e. The van der Waals surface area contributed by atoms with Gasteiger partial charge in [0.2, 0.25) is 0 Å². The zero-order chi connectivity index (χ0) is 15.1. The van der Waals surface area contributed by atoms with Crippen molar-refractivity contribution in [3.63, 3.8) is 0 Å². The summed E-state index contributed by atoms with van der Waals surface area (Å²) in [5, 5.41) is 0. The second-order valence-electron chi connectivity index (χ2n) is 5.73.